The summed E-state index contributed by atoms with van der Waals surface area (Å²) >= 11 is 0. The standard InChI is InChI=1S/C20H33N/c1-6-20(4,5)17-10-12-18(13-11-17)21-14-19-15(2)8-7-9-16(19)3/h7-9,17-18,21H,6,10-14H2,1-5H3. The van der Waals surface area contributed by atoms with Crippen LogP contribution in [-0.4, -0.2) is 6.04 Å². The van der Waals surface area contributed by atoms with E-state index >= 15 is 0 Å². The fraction of sp³-hybridized carbons (Fsp3) is 0.700. The molecule has 1 aromatic carbocycles. The van der Waals surface area contributed by atoms with E-state index in [2.05, 4.69) is 58.1 Å². The number of hydrogen-bond donors (Lipinski definition) is 1. The molecule has 0 unspecified atom stereocenters. The third-order valence-corrected chi connectivity index (χ3v) is 5.96. The van der Waals surface area contributed by atoms with Gasteiger partial charge in [-0.25, -0.2) is 0 Å². The molecule has 2 rings (SSSR count). The first kappa shape index (κ1) is 16.5. The van der Waals surface area contributed by atoms with Crippen molar-refractivity contribution in [3.63, 3.8) is 0 Å². The SMILES string of the molecule is CCC(C)(C)C1CCC(NCc2c(C)cccc2C)CC1. The third kappa shape index (κ3) is 4.10. The molecule has 1 nitrogen and oxygen atoms in total. The molecule has 0 aromatic heterocycles. The third-order valence-electron chi connectivity index (χ3n) is 5.96. The van der Waals surface area contributed by atoms with Gasteiger partial charge in [0.25, 0.3) is 0 Å². The van der Waals surface area contributed by atoms with Gasteiger partial charge >= 0.3 is 0 Å². The van der Waals surface area contributed by atoms with Crippen LogP contribution in [0.3, 0.4) is 0 Å². The van der Waals surface area contributed by atoms with E-state index in [0.717, 1.165) is 12.5 Å². The Kier molecular flexibility index (Phi) is 5.48. The van der Waals surface area contributed by atoms with E-state index in [1.165, 1.54) is 48.8 Å². The summed E-state index contributed by atoms with van der Waals surface area (Å²) < 4.78 is 0. The van der Waals surface area contributed by atoms with Gasteiger partial charge in [-0.05, 0) is 67.6 Å². The fourth-order valence-corrected chi connectivity index (χ4v) is 3.74. The van der Waals surface area contributed by atoms with Gasteiger partial charge in [0.1, 0.15) is 0 Å². The van der Waals surface area contributed by atoms with Gasteiger partial charge in [0.2, 0.25) is 0 Å². The Balaban J connectivity index is 1.85. The van der Waals surface area contributed by atoms with Crippen LogP contribution in [-0.2, 0) is 6.54 Å². The second kappa shape index (κ2) is 6.96. The van der Waals surface area contributed by atoms with Crippen molar-refractivity contribution in [1.82, 2.24) is 5.32 Å². The second-order valence-electron chi connectivity index (χ2n) is 7.64. The van der Waals surface area contributed by atoms with Crippen LogP contribution in [0.5, 0.6) is 0 Å². The van der Waals surface area contributed by atoms with Crippen molar-refractivity contribution < 1.29 is 0 Å². The predicted octanol–water partition coefficient (Wildman–Crippen LogP) is 5.39. The fourth-order valence-electron chi connectivity index (χ4n) is 3.74. The van der Waals surface area contributed by atoms with E-state index in [9.17, 15) is 0 Å². The molecule has 1 aliphatic carbocycles. The van der Waals surface area contributed by atoms with Crippen LogP contribution < -0.4 is 5.32 Å². The van der Waals surface area contributed by atoms with Gasteiger partial charge in [-0.15, -0.1) is 0 Å². The monoisotopic (exact) mass is 287 g/mol. The van der Waals surface area contributed by atoms with Crippen LogP contribution in [0.15, 0.2) is 18.2 Å². The molecule has 0 heterocycles. The van der Waals surface area contributed by atoms with Crippen LogP contribution in [0, 0.1) is 25.2 Å². The molecule has 0 atom stereocenters. The molecule has 1 saturated carbocycles. The maximum absolute atomic E-state index is 3.81. The lowest BCUT2D eigenvalue weighted by atomic mass is 9.69. The van der Waals surface area contributed by atoms with E-state index < -0.39 is 0 Å². The summed E-state index contributed by atoms with van der Waals surface area (Å²) in [4.78, 5) is 0. The first-order chi connectivity index (χ1) is 9.94. The molecule has 1 fully saturated rings. The molecule has 0 amide bonds. The zero-order valence-electron chi connectivity index (χ0n) is 14.6. The Morgan fingerprint density at radius 1 is 1.05 bits per heavy atom. The maximum Gasteiger partial charge on any atom is 0.0213 e. The Bertz CT molecular complexity index is 433. The molecule has 21 heavy (non-hydrogen) atoms. The molecular formula is C20H33N. The lowest BCUT2D eigenvalue weighted by molar-refractivity contribution is 0.137. The average Bonchev–Trinajstić information content (AvgIpc) is 2.47. The molecule has 0 bridgehead atoms. The number of rotatable bonds is 5. The highest BCUT2D eigenvalue weighted by atomic mass is 14.9. The van der Waals surface area contributed by atoms with Crippen molar-refractivity contribution in [2.24, 2.45) is 11.3 Å². The van der Waals surface area contributed by atoms with Gasteiger partial charge in [0.05, 0.1) is 0 Å². The van der Waals surface area contributed by atoms with Crippen molar-refractivity contribution in [3.05, 3.63) is 34.9 Å². The summed E-state index contributed by atoms with van der Waals surface area (Å²) in [7, 11) is 0. The van der Waals surface area contributed by atoms with E-state index in [4.69, 9.17) is 0 Å². The lowest BCUT2D eigenvalue weighted by Crippen LogP contribution is -2.36. The Morgan fingerprint density at radius 3 is 2.14 bits per heavy atom. The maximum atomic E-state index is 3.81. The minimum Gasteiger partial charge on any atom is -0.310 e. The predicted molar refractivity (Wildman–Crippen MR) is 92.6 cm³/mol. The lowest BCUT2D eigenvalue weighted by Gasteiger charge is -2.39. The summed E-state index contributed by atoms with van der Waals surface area (Å²) in [5.74, 6) is 0.917. The van der Waals surface area contributed by atoms with E-state index in [1.54, 1.807) is 0 Å². The minimum atomic E-state index is 0.525. The molecule has 118 valence electrons. The minimum absolute atomic E-state index is 0.525. The molecule has 1 aromatic rings. The quantitative estimate of drug-likeness (QED) is 0.765. The average molecular weight is 287 g/mol. The Morgan fingerprint density at radius 2 is 1.62 bits per heavy atom. The molecule has 1 heteroatoms. The van der Waals surface area contributed by atoms with Gasteiger partial charge in [-0.3, -0.25) is 0 Å². The van der Waals surface area contributed by atoms with Crippen molar-refractivity contribution in [1.29, 1.82) is 0 Å². The molecule has 1 aliphatic rings. The highest BCUT2D eigenvalue weighted by molar-refractivity contribution is 5.33. The number of hydrogen-bond acceptors (Lipinski definition) is 1. The summed E-state index contributed by atoms with van der Waals surface area (Å²) in [6.45, 7) is 12.7. The number of benzene rings is 1. The van der Waals surface area contributed by atoms with E-state index in [1.807, 2.05) is 0 Å². The Hall–Kier alpha value is -0.820. The van der Waals surface area contributed by atoms with Gasteiger partial charge < -0.3 is 5.32 Å². The normalized spacial score (nSPS) is 23.3. The molecule has 0 spiro atoms. The first-order valence-corrected chi connectivity index (χ1v) is 8.72. The zero-order chi connectivity index (χ0) is 15.5. The molecule has 0 saturated heterocycles. The van der Waals surface area contributed by atoms with Crippen LogP contribution in [0.2, 0.25) is 0 Å². The van der Waals surface area contributed by atoms with Gasteiger partial charge in [0, 0.05) is 12.6 Å². The number of nitrogens with one attached hydrogen (secondary N) is 1. The van der Waals surface area contributed by atoms with Gasteiger partial charge in [-0.1, -0.05) is 45.4 Å². The summed E-state index contributed by atoms with van der Waals surface area (Å²) in [5, 5.41) is 3.81. The molecule has 0 radical (unpaired) electrons. The highest BCUT2D eigenvalue weighted by Gasteiger charge is 2.31. The Labute approximate surface area is 131 Å². The number of aryl methyl sites for hydroxylation is 2. The summed E-state index contributed by atoms with van der Waals surface area (Å²) in [6.07, 6.45) is 6.78. The highest BCUT2D eigenvalue weighted by Crippen LogP contribution is 2.40. The first-order valence-electron chi connectivity index (χ1n) is 8.72. The van der Waals surface area contributed by atoms with E-state index in [-0.39, 0.29) is 0 Å². The van der Waals surface area contributed by atoms with Gasteiger partial charge in [0.15, 0.2) is 0 Å². The van der Waals surface area contributed by atoms with E-state index in [0.29, 0.717) is 11.5 Å². The molecule has 1 N–H and O–H groups in total. The topological polar surface area (TPSA) is 12.0 Å². The van der Waals surface area contributed by atoms with Crippen molar-refractivity contribution >= 4 is 0 Å². The largest absolute Gasteiger partial charge is 0.310 e. The molecular weight excluding hydrogens is 254 g/mol. The molecule has 0 aliphatic heterocycles. The van der Waals surface area contributed by atoms with Gasteiger partial charge in [-0.2, -0.15) is 0 Å². The smallest absolute Gasteiger partial charge is 0.0213 e. The summed E-state index contributed by atoms with van der Waals surface area (Å²) in [6, 6.07) is 7.33. The van der Waals surface area contributed by atoms with Crippen LogP contribution >= 0.6 is 0 Å². The van der Waals surface area contributed by atoms with Crippen LogP contribution in [0.25, 0.3) is 0 Å². The summed E-state index contributed by atoms with van der Waals surface area (Å²) in [5.41, 5.74) is 4.86. The second-order valence-corrected chi connectivity index (χ2v) is 7.64. The van der Waals surface area contributed by atoms with Crippen LogP contribution in [0.1, 0.15) is 69.6 Å². The van der Waals surface area contributed by atoms with Crippen molar-refractivity contribution in [3.8, 4) is 0 Å². The zero-order valence-corrected chi connectivity index (χ0v) is 14.6. The van der Waals surface area contributed by atoms with Crippen molar-refractivity contribution in [2.75, 3.05) is 0 Å². The van der Waals surface area contributed by atoms with Crippen molar-refractivity contribution in [2.45, 2.75) is 79.3 Å². The van der Waals surface area contributed by atoms with Crippen LogP contribution in [0.4, 0.5) is 0 Å².